The van der Waals surface area contributed by atoms with Crippen molar-refractivity contribution in [3.8, 4) is 16.5 Å². The number of rotatable bonds is 4. The monoisotopic (exact) mass is 314 g/mol. The number of aromatic nitrogens is 4. The van der Waals surface area contributed by atoms with Crippen molar-refractivity contribution < 1.29 is 4.74 Å². The first-order valence-electron chi connectivity index (χ1n) is 6.49. The summed E-state index contributed by atoms with van der Waals surface area (Å²) < 4.78 is 5.02. The maximum atomic E-state index is 5.73. The molecule has 3 aromatic heterocycles. The second-order valence-electron chi connectivity index (χ2n) is 4.45. The number of hydrogen-bond donors (Lipinski definition) is 2. The quantitative estimate of drug-likeness (QED) is 0.763. The van der Waals surface area contributed by atoms with Gasteiger partial charge in [-0.25, -0.2) is 19.9 Å². The summed E-state index contributed by atoms with van der Waals surface area (Å²) in [6.45, 7) is 1.91. The van der Waals surface area contributed by atoms with Crippen LogP contribution in [0, 0.1) is 6.92 Å². The van der Waals surface area contributed by atoms with Gasteiger partial charge in [0.05, 0.1) is 35.3 Å². The Kier molecular flexibility index (Phi) is 3.84. The number of thiazole rings is 1. The molecule has 0 atom stereocenters. The Hall–Kier alpha value is -2.74. The lowest BCUT2D eigenvalue weighted by atomic mass is 10.3. The highest BCUT2D eigenvalue weighted by Crippen LogP contribution is 2.30. The van der Waals surface area contributed by atoms with Gasteiger partial charge in [0, 0.05) is 12.3 Å². The molecule has 8 heteroatoms. The minimum atomic E-state index is 0.482. The second-order valence-corrected chi connectivity index (χ2v) is 5.48. The van der Waals surface area contributed by atoms with E-state index in [0.717, 1.165) is 22.0 Å². The first kappa shape index (κ1) is 14.2. The van der Waals surface area contributed by atoms with E-state index in [4.69, 9.17) is 10.5 Å². The van der Waals surface area contributed by atoms with Crippen LogP contribution in [0.4, 0.5) is 16.8 Å². The van der Waals surface area contributed by atoms with E-state index in [0.29, 0.717) is 17.0 Å². The average molecular weight is 314 g/mol. The zero-order valence-corrected chi connectivity index (χ0v) is 12.9. The number of nitrogens with two attached hydrogens (primary N) is 1. The van der Waals surface area contributed by atoms with Crippen LogP contribution in [0.1, 0.15) is 5.69 Å². The van der Waals surface area contributed by atoms with Crippen LogP contribution in [0.5, 0.6) is 5.88 Å². The van der Waals surface area contributed by atoms with Crippen LogP contribution in [0.15, 0.2) is 30.6 Å². The Balaban J connectivity index is 1.86. The minimum Gasteiger partial charge on any atom is -0.481 e. The number of ether oxygens (including phenoxy) is 1. The molecule has 3 N–H and O–H groups in total. The van der Waals surface area contributed by atoms with Gasteiger partial charge in [0.1, 0.15) is 0 Å². The number of aryl methyl sites for hydroxylation is 1. The molecule has 22 heavy (non-hydrogen) atoms. The van der Waals surface area contributed by atoms with Gasteiger partial charge in [-0.05, 0) is 19.1 Å². The normalized spacial score (nSPS) is 10.5. The molecule has 0 aliphatic carbocycles. The van der Waals surface area contributed by atoms with Gasteiger partial charge in [0.15, 0.2) is 5.13 Å². The third kappa shape index (κ3) is 2.96. The van der Waals surface area contributed by atoms with E-state index in [9.17, 15) is 0 Å². The van der Waals surface area contributed by atoms with E-state index in [1.165, 1.54) is 11.3 Å². The summed E-state index contributed by atoms with van der Waals surface area (Å²) >= 11 is 1.41. The molecule has 0 aromatic carbocycles. The lowest BCUT2D eigenvalue weighted by Crippen LogP contribution is -1.98. The van der Waals surface area contributed by atoms with Crippen LogP contribution >= 0.6 is 11.3 Å². The van der Waals surface area contributed by atoms with Gasteiger partial charge in [0.25, 0.3) is 0 Å². The largest absolute Gasteiger partial charge is 0.481 e. The van der Waals surface area contributed by atoms with Gasteiger partial charge in [-0.2, -0.15) is 0 Å². The highest BCUT2D eigenvalue weighted by molar-refractivity contribution is 7.18. The molecular formula is C14H14N6OS. The lowest BCUT2D eigenvalue weighted by molar-refractivity contribution is 0.398. The fraction of sp³-hybridized carbons (Fsp3) is 0.143. The predicted molar refractivity (Wildman–Crippen MR) is 86.4 cm³/mol. The molecule has 0 bridgehead atoms. The Morgan fingerprint density at radius 1 is 1.18 bits per heavy atom. The highest BCUT2D eigenvalue weighted by Gasteiger charge is 2.10. The molecule has 7 nitrogen and oxygen atoms in total. The first-order valence-corrected chi connectivity index (χ1v) is 7.31. The maximum absolute atomic E-state index is 5.73. The van der Waals surface area contributed by atoms with E-state index in [-0.39, 0.29) is 0 Å². The second kappa shape index (κ2) is 5.94. The number of nitrogens with zero attached hydrogens (tertiary/aromatic N) is 4. The van der Waals surface area contributed by atoms with Crippen LogP contribution in [0.2, 0.25) is 0 Å². The molecular weight excluding hydrogens is 300 g/mol. The van der Waals surface area contributed by atoms with Crippen molar-refractivity contribution in [2.45, 2.75) is 6.92 Å². The van der Waals surface area contributed by atoms with Gasteiger partial charge in [-0.1, -0.05) is 11.3 Å². The van der Waals surface area contributed by atoms with Crippen molar-refractivity contribution in [3.63, 3.8) is 0 Å². The van der Waals surface area contributed by atoms with Gasteiger partial charge in [-0.15, -0.1) is 0 Å². The van der Waals surface area contributed by atoms with E-state index in [1.54, 1.807) is 25.6 Å². The summed E-state index contributed by atoms with van der Waals surface area (Å²) in [6.07, 6.45) is 3.35. The average Bonchev–Trinajstić information content (AvgIpc) is 2.87. The number of pyridine rings is 1. The van der Waals surface area contributed by atoms with Gasteiger partial charge in [0.2, 0.25) is 11.8 Å². The Morgan fingerprint density at radius 2 is 2.05 bits per heavy atom. The summed E-state index contributed by atoms with van der Waals surface area (Å²) in [5.41, 5.74) is 8.15. The minimum absolute atomic E-state index is 0.482. The molecule has 0 amide bonds. The zero-order valence-electron chi connectivity index (χ0n) is 12.1. The van der Waals surface area contributed by atoms with Crippen molar-refractivity contribution in [2.75, 3.05) is 18.2 Å². The summed E-state index contributed by atoms with van der Waals surface area (Å²) in [4.78, 5) is 18.0. The number of methoxy groups -OCH3 is 1. The molecule has 0 spiro atoms. The molecule has 0 saturated carbocycles. The fourth-order valence-corrected chi connectivity index (χ4v) is 2.71. The standard InChI is InChI=1S/C14H14N6OS/c1-8-12(22-13(15)18-8)10-5-6-16-14(20-10)19-9-3-4-11(21-2)17-7-9/h3-7H,1-2H3,(H2,15,18)(H,16,19,20). The van der Waals surface area contributed by atoms with E-state index in [1.807, 2.05) is 19.1 Å². The van der Waals surface area contributed by atoms with Gasteiger partial charge < -0.3 is 15.8 Å². The van der Waals surface area contributed by atoms with Crippen molar-refractivity contribution >= 4 is 28.1 Å². The van der Waals surface area contributed by atoms with Gasteiger partial charge in [-0.3, -0.25) is 0 Å². The smallest absolute Gasteiger partial charge is 0.227 e. The van der Waals surface area contributed by atoms with Crippen molar-refractivity contribution in [1.82, 2.24) is 19.9 Å². The molecule has 0 aliphatic rings. The summed E-state index contributed by atoms with van der Waals surface area (Å²) in [5, 5.41) is 3.63. The van der Waals surface area contributed by atoms with Crippen LogP contribution in [-0.4, -0.2) is 27.0 Å². The molecule has 0 unspecified atom stereocenters. The van der Waals surface area contributed by atoms with Crippen molar-refractivity contribution in [2.24, 2.45) is 0 Å². The molecule has 3 rings (SSSR count). The van der Waals surface area contributed by atoms with E-state index in [2.05, 4.69) is 25.3 Å². The molecule has 0 fully saturated rings. The highest BCUT2D eigenvalue weighted by atomic mass is 32.1. The van der Waals surface area contributed by atoms with Crippen LogP contribution < -0.4 is 15.8 Å². The molecule has 0 aliphatic heterocycles. The SMILES string of the molecule is COc1ccc(Nc2nccc(-c3sc(N)nc3C)n2)cn1. The molecule has 0 saturated heterocycles. The fourth-order valence-electron chi connectivity index (χ4n) is 1.90. The number of nitrogens with one attached hydrogen (secondary N) is 1. The predicted octanol–water partition coefficient (Wildman–Crippen LogP) is 2.64. The van der Waals surface area contributed by atoms with E-state index >= 15 is 0 Å². The van der Waals surface area contributed by atoms with Crippen LogP contribution in [0.3, 0.4) is 0 Å². The van der Waals surface area contributed by atoms with Crippen LogP contribution in [-0.2, 0) is 0 Å². The number of hydrogen-bond acceptors (Lipinski definition) is 8. The Bertz CT molecular complexity index is 786. The molecule has 112 valence electrons. The third-order valence-electron chi connectivity index (χ3n) is 2.90. The summed E-state index contributed by atoms with van der Waals surface area (Å²) in [5.74, 6) is 1.03. The Labute approximate surface area is 131 Å². The number of anilines is 3. The van der Waals surface area contributed by atoms with E-state index < -0.39 is 0 Å². The summed E-state index contributed by atoms with van der Waals surface area (Å²) in [6, 6.07) is 5.44. The lowest BCUT2D eigenvalue weighted by Gasteiger charge is -2.06. The van der Waals surface area contributed by atoms with Gasteiger partial charge >= 0.3 is 0 Å². The van der Waals surface area contributed by atoms with Crippen molar-refractivity contribution in [3.05, 3.63) is 36.3 Å². The zero-order chi connectivity index (χ0) is 15.5. The van der Waals surface area contributed by atoms with Crippen molar-refractivity contribution in [1.29, 1.82) is 0 Å². The van der Waals surface area contributed by atoms with Crippen LogP contribution in [0.25, 0.3) is 10.6 Å². The maximum Gasteiger partial charge on any atom is 0.227 e. The number of nitrogen functional groups attached to an aromatic ring is 1. The topological polar surface area (TPSA) is 98.8 Å². The first-order chi connectivity index (χ1) is 10.7. The summed E-state index contributed by atoms with van der Waals surface area (Å²) in [7, 11) is 1.57. The molecule has 3 aromatic rings. The molecule has 3 heterocycles. The Morgan fingerprint density at radius 3 is 2.68 bits per heavy atom. The third-order valence-corrected chi connectivity index (χ3v) is 3.91. The molecule has 0 radical (unpaired) electrons.